The molecule has 0 aromatic carbocycles. The maximum atomic E-state index is 12.7. The Kier molecular flexibility index (Phi) is 4.34. The summed E-state index contributed by atoms with van der Waals surface area (Å²) < 4.78 is 11.4. The van der Waals surface area contributed by atoms with Gasteiger partial charge in [-0.1, -0.05) is 25.2 Å². The SMILES string of the molecule is C=C1CCC(O)C2(C)CCC3C(OC(=O)C3(C)OC(=O)C(C)=CC)C12. The van der Waals surface area contributed by atoms with Gasteiger partial charge in [0.1, 0.15) is 6.10 Å². The van der Waals surface area contributed by atoms with Crippen LogP contribution in [0.1, 0.15) is 53.4 Å². The predicted molar refractivity (Wildman–Crippen MR) is 92.5 cm³/mol. The van der Waals surface area contributed by atoms with Gasteiger partial charge in [0.05, 0.1) is 6.10 Å². The summed E-state index contributed by atoms with van der Waals surface area (Å²) in [6.45, 7) is 11.3. The third-order valence-electron chi connectivity index (χ3n) is 6.79. The highest BCUT2D eigenvalue weighted by molar-refractivity contribution is 5.92. The van der Waals surface area contributed by atoms with Crippen molar-refractivity contribution in [3.63, 3.8) is 0 Å². The van der Waals surface area contributed by atoms with Crippen molar-refractivity contribution >= 4 is 11.9 Å². The molecule has 5 nitrogen and oxygen atoms in total. The van der Waals surface area contributed by atoms with Crippen LogP contribution in [0.2, 0.25) is 0 Å². The van der Waals surface area contributed by atoms with Crippen LogP contribution < -0.4 is 0 Å². The fourth-order valence-electron chi connectivity index (χ4n) is 4.91. The van der Waals surface area contributed by atoms with Crippen LogP contribution in [0.4, 0.5) is 0 Å². The number of carbonyl (C=O) groups excluding carboxylic acids is 2. The van der Waals surface area contributed by atoms with E-state index in [2.05, 4.69) is 13.5 Å². The molecule has 138 valence electrons. The van der Waals surface area contributed by atoms with E-state index in [1.54, 1.807) is 26.8 Å². The lowest BCUT2D eigenvalue weighted by atomic mass is 9.53. The standard InChI is InChI=1S/C20H28O5/c1-6-11(2)17(22)25-20(5)13-9-10-19(4)14(21)8-7-12(3)15(19)16(13)24-18(20)23/h6,13-16,21H,3,7-10H2,1-2,4-5H3. The van der Waals surface area contributed by atoms with Gasteiger partial charge in [0.25, 0.3) is 0 Å². The van der Waals surface area contributed by atoms with Crippen molar-refractivity contribution in [3.05, 3.63) is 23.8 Å². The zero-order valence-corrected chi connectivity index (χ0v) is 15.5. The number of hydrogen-bond donors (Lipinski definition) is 1. The van der Waals surface area contributed by atoms with Gasteiger partial charge >= 0.3 is 11.9 Å². The van der Waals surface area contributed by atoms with Crippen LogP contribution in [0.5, 0.6) is 0 Å². The average molecular weight is 348 g/mol. The highest BCUT2D eigenvalue weighted by atomic mass is 16.6. The van der Waals surface area contributed by atoms with E-state index in [0.29, 0.717) is 18.4 Å². The lowest BCUT2D eigenvalue weighted by molar-refractivity contribution is -0.170. The molecule has 5 heteroatoms. The molecular formula is C20H28O5. The lowest BCUT2D eigenvalue weighted by Crippen LogP contribution is -2.55. The molecule has 0 spiro atoms. The van der Waals surface area contributed by atoms with Gasteiger partial charge in [-0.05, 0) is 46.5 Å². The molecular weight excluding hydrogens is 320 g/mol. The Labute approximate surface area is 149 Å². The van der Waals surface area contributed by atoms with Crippen molar-refractivity contribution in [2.45, 2.75) is 71.2 Å². The minimum atomic E-state index is -1.28. The number of hydrogen-bond acceptors (Lipinski definition) is 5. The molecule has 3 fully saturated rings. The van der Waals surface area contributed by atoms with Crippen molar-refractivity contribution in [1.82, 2.24) is 0 Å². The monoisotopic (exact) mass is 348 g/mol. The topological polar surface area (TPSA) is 72.8 Å². The first kappa shape index (κ1) is 18.2. The van der Waals surface area contributed by atoms with Crippen LogP contribution in [0.3, 0.4) is 0 Å². The number of aliphatic hydroxyl groups excluding tert-OH is 1. The molecule has 6 unspecified atom stereocenters. The molecule has 0 aromatic heterocycles. The number of aliphatic hydroxyl groups is 1. The third kappa shape index (κ3) is 2.55. The van der Waals surface area contributed by atoms with Crippen LogP contribution in [0.25, 0.3) is 0 Å². The van der Waals surface area contributed by atoms with Gasteiger partial charge in [-0.2, -0.15) is 0 Å². The van der Waals surface area contributed by atoms with Crippen LogP contribution in [-0.2, 0) is 19.1 Å². The van der Waals surface area contributed by atoms with Crippen molar-refractivity contribution < 1.29 is 24.2 Å². The second-order valence-corrected chi connectivity index (χ2v) is 8.18. The number of allylic oxidation sites excluding steroid dienone is 1. The van der Waals surface area contributed by atoms with Gasteiger partial charge in [0.2, 0.25) is 5.60 Å². The minimum absolute atomic E-state index is 0.0951. The fraction of sp³-hybridized carbons (Fsp3) is 0.700. The van der Waals surface area contributed by atoms with Gasteiger partial charge in [-0.15, -0.1) is 0 Å². The van der Waals surface area contributed by atoms with Gasteiger partial charge < -0.3 is 14.6 Å². The van der Waals surface area contributed by atoms with Crippen LogP contribution in [0.15, 0.2) is 23.8 Å². The van der Waals surface area contributed by atoms with Crippen molar-refractivity contribution in [3.8, 4) is 0 Å². The molecule has 25 heavy (non-hydrogen) atoms. The Hall–Kier alpha value is -1.62. The summed E-state index contributed by atoms with van der Waals surface area (Å²) in [5.41, 5.74) is -0.132. The highest BCUT2D eigenvalue weighted by Crippen LogP contribution is 2.58. The van der Waals surface area contributed by atoms with Crippen LogP contribution in [-0.4, -0.2) is 34.9 Å². The molecule has 1 aliphatic heterocycles. The maximum absolute atomic E-state index is 12.7. The summed E-state index contributed by atoms with van der Waals surface area (Å²) in [7, 11) is 0. The fourth-order valence-corrected chi connectivity index (χ4v) is 4.91. The van der Waals surface area contributed by atoms with E-state index in [1.807, 2.05) is 0 Å². The largest absolute Gasteiger partial charge is 0.458 e. The summed E-state index contributed by atoms with van der Waals surface area (Å²) in [5.74, 6) is -1.29. The van der Waals surface area contributed by atoms with Crippen LogP contribution in [0, 0.1) is 17.3 Å². The van der Waals surface area contributed by atoms with E-state index in [0.717, 1.165) is 18.4 Å². The van der Waals surface area contributed by atoms with E-state index >= 15 is 0 Å². The molecule has 1 heterocycles. The Morgan fingerprint density at radius 1 is 1.40 bits per heavy atom. The molecule has 1 N–H and O–H groups in total. The molecule has 2 saturated carbocycles. The first-order chi connectivity index (χ1) is 11.6. The molecule has 0 radical (unpaired) electrons. The second-order valence-electron chi connectivity index (χ2n) is 8.18. The van der Waals surface area contributed by atoms with Gasteiger partial charge in [-0.3, -0.25) is 0 Å². The molecule has 0 bridgehead atoms. The van der Waals surface area contributed by atoms with E-state index in [-0.39, 0.29) is 17.3 Å². The molecule has 3 rings (SSSR count). The summed E-state index contributed by atoms with van der Waals surface area (Å²) in [4.78, 5) is 24.9. The van der Waals surface area contributed by atoms with E-state index in [9.17, 15) is 14.7 Å². The number of ether oxygens (including phenoxy) is 2. The highest BCUT2D eigenvalue weighted by Gasteiger charge is 2.65. The molecule has 6 atom stereocenters. The third-order valence-corrected chi connectivity index (χ3v) is 6.79. The van der Waals surface area contributed by atoms with E-state index in [4.69, 9.17) is 9.47 Å². The molecule has 0 amide bonds. The number of carbonyl (C=O) groups is 2. The lowest BCUT2D eigenvalue weighted by Gasteiger charge is -2.53. The molecule has 1 saturated heterocycles. The smallest absolute Gasteiger partial charge is 0.351 e. The molecule has 3 aliphatic rings. The predicted octanol–water partition coefficient (Wildman–Crippen LogP) is 2.92. The zero-order chi connectivity index (χ0) is 18.6. The van der Waals surface area contributed by atoms with Crippen molar-refractivity contribution in [2.24, 2.45) is 17.3 Å². The minimum Gasteiger partial charge on any atom is -0.458 e. The van der Waals surface area contributed by atoms with E-state index in [1.165, 1.54) is 0 Å². The maximum Gasteiger partial charge on any atom is 0.351 e. The molecule has 0 aromatic rings. The number of rotatable bonds is 2. The summed E-state index contributed by atoms with van der Waals surface area (Å²) in [6.07, 6.45) is 3.71. The number of fused-ring (bicyclic) bond motifs is 3. The second kappa shape index (κ2) is 5.97. The van der Waals surface area contributed by atoms with Crippen molar-refractivity contribution in [1.29, 1.82) is 0 Å². The summed E-state index contributed by atoms with van der Waals surface area (Å²) in [6, 6.07) is 0. The Morgan fingerprint density at radius 3 is 2.72 bits per heavy atom. The Morgan fingerprint density at radius 2 is 2.08 bits per heavy atom. The summed E-state index contributed by atoms with van der Waals surface area (Å²) >= 11 is 0. The zero-order valence-electron chi connectivity index (χ0n) is 15.5. The first-order valence-corrected chi connectivity index (χ1v) is 9.08. The normalized spacial score (nSPS) is 44.0. The van der Waals surface area contributed by atoms with Gasteiger partial charge in [0.15, 0.2) is 0 Å². The van der Waals surface area contributed by atoms with Gasteiger partial charge in [0, 0.05) is 22.8 Å². The molecule has 2 aliphatic carbocycles. The van der Waals surface area contributed by atoms with Gasteiger partial charge in [-0.25, -0.2) is 9.59 Å². The Balaban J connectivity index is 1.92. The Bertz CT molecular complexity index is 650. The number of esters is 2. The van der Waals surface area contributed by atoms with Crippen molar-refractivity contribution in [2.75, 3.05) is 0 Å². The van der Waals surface area contributed by atoms with Crippen LogP contribution >= 0.6 is 0 Å². The van der Waals surface area contributed by atoms with E-state index < -0.39 is 29.7 Å². The summed E-state index contributed by atoms with van der Waals surface area (Å²) in [5, 5.41) is 10.6. The quantitative estimate of drug-likeness (QED) is 0.472. The average Bonchev–Trinajstić information content (AvgIpc) is 2.80. The first-order valence-electron chi connectivity index (χ1n) is 9.08.